The predicted molar refractivity (Wildman–Crippen MR) is 60.8 cm³/mol. The van der Waals surface area contributed by atoms with E-state index in [9.17, 15) is 4.79 Å². The quantitative estimate of drug-likeness (QED) is 0.794. The van der Waals surface area contributed by atoms with Gasteiger partial charge in [-0.15, -0.1) is 0 Å². The highest BCUT2D eigenvalue weighted by Gasteiger charge is 2.08. The highest BCUT2D eigenvalue weighted by atomic mass is 79.9. The van der Waals surface area contributed by atoms with Crippen LogP contribution in [0.4, 0.5) is 0 Å². The zero-order chi connectivity index (χ0) is 10.8. The molecule has 0 atom stereocenters. The molecule has 0 saturated carbocycles. The lowest BCUT2D eigenvalue weighted by molar-refractivity contribution is 0.0944. The largest absolute Gasteiger partial charge is 0.278 e. The third-order valence-corrected chi connectivity index (χ3v) is 2.55. The third-order valence-electron chi connectivity index (χ3n) is 2.02. The van der Waals surface area contributed by atoms with Crippen molar-refractivity contribution >= 4 is 21.8 Å². The zero-order valence-electron chi connectivity index (χ0n) is 8.14. The molecule has 1 aromatic carbocycles. The maximum absolute atomic E-state index is 11.9. The lowest BCUT2D eigenvalue weighted by Gasteiger charge is -2.00. The van der Waals surface area contributed by atoms with Crippen LogP contribution in [0.25, 0.3) is 0 Å². The molecule has 0 bridgehead atoms. The van der Waals surface area contributed by atoms with Gasteiger partial charge in [-0.3, -0.25) is 4.79 Å². The summed E-state index contributed by atoms with van der Waals surface area (Å²) < 4.78 is 2.30. The van der Waals surface area contributed by atoms with Crippen molar-refractivity contribution in [2.24, 2.45) is 0 Å². The van der Waals surface area contributed by atoms with Crippen LogP contribution < -0.4 is 0 Å². The summed E-state index contributed by atoms with van der Waals surface area (Å²) in [6, 6.07) is 9.01. The van der Waals surface area contributed by atoms with E-state index >= 15 is 0 Å². The Labute approximate surface area is 95.9 Å². The van der Waals surface area contributed by atoms with Gasteiger partial charge in [0.25, 0.3) is 5.91 Å². The Kier molecular flexibility index (Phi) is 2.68. The zero-order valence-corrected chi connectivity index (χ0v) is 9.73. The summed E-state index contributed by atoms with van der Waals surface area (Å²) >= 11 is 3.32. The first-order valence-electron chi connectivity index (χ1n) is 4.49. The molecule has 0 aliphatic carbocycles. The van der Waals surface area contributed by atoms with E-state index in [4.69, 9.17) is 0 Å². The molecule has 76 valence electrons. The highest BCUT2D eigenvalue weighted by Crippen LogP contribution is 2.11. The Morgan fingerprint density at radius 3 is 2.47 bits per heavy atom. The number of hydrogen-bond acceptors (Lipinski definition) is 2. The average molecular weight is 265 g/mol. The molecule has 4 heteroatoms. The molecule has 1 aromatic heterocycles. The number of benzene rings is 1. The van der Waals surface area contributed by atoms with Crippen molar-refractivity contribution in [1.29, 1.82) is 0 Å². The lowest BCUT2D eigenvalue weighted by atomic mass is 10.2. The van der Waals surface area contributed by atoms with Crippen LogP contribution in [0.2, 0.25) is 0 Å². The highest BCUT2D eigenvalue weighted by molar-refractivity contribution is 9.10. The van der Waals surface area contributed by atoms with Gasteiger partial charge in [0, 0.05) is 16.2 Å². The number of aromatic nitrogens is 2. The first-order chi connectivity index (χ1) is 7.16. The van der Waals surface area contributed by atoms with E-state index < -0.39 is 0 Å². The van der Waals surface area contributed by atoms with Crippen LogP contribution in [0.5, 0.6) is 0 Å². The van der Waals surface area contributed by atoms with Gasteiger partial charge in [-0.25, -0.2) is 4.68 Å². The number of halogens is 1. The molecular weight excluding hydrogens is 256 g/mol. The van der Waals surface area contributed by atoms with Gasteiger partial charge in [0.05, 0.1) is 5.69 Å². The predicted octanol–water partition coefficient (Wildman–Crippen LogP) is 2.64. The molecule has 0 amide bonds. The fraction of sp³-hybridized carbons (Fsp3) is 0.0909. The van der Waals surface area contributed by atoms with Crippen molar-refractivity contribution in [3.05, 3.63) is 52.3 Å². The summed E-state index contributed by atoms with van der Waals surface area (Å²) in [6.07, 6.45) is 1.67. The minimum absolute atomic E-state index is 0.115. The Morgan fingerprint density at radius 1 is 1.27 bits per heavy atom. The number of aryl methyl sites for hydroxylation is 1. The van der Waals surface area contributed by atoms with Gasteiger partial charge in [0.2, 0.25) is 0 Å². The molecular formula is C11H9BrN2O. The van der Waals surface area contributed by atoms with Crippen LogP contribution in [-0.4, -0.2) is 15.7 Å². The molecule has 0 fully saturated rings. The molecule has 15 heavy (non-hydrogen) atoms. The first-order valence-corrected chi connectivity index (χ1v) is 5.28. The minimum atomic E-state index is -0.115. The number of rotatable bonds is 1. The Bertz CT molecular complexity index is 488. The van der Waals surface area contributed by atoms with Crippen LogP contribution in [0.3, 0.4) is 0 Å². The molecule has 2 rings (SSSR count). The standard InChI is InChI=1S/C11H9BrN2O/c1-8-6-7-14(13-8)11(15)9-2-4-10(12)5-3-9/h2-7H,1H3. The summed E-state index contributed by atoms with van der Waals surface area (Å²) in [5.74, 6) is -0.115. The molecule has 0 aliphatic heterocycles. The lowest BCUT2D eigenvalue weighted by Crippen LogP contribution is -2.12. The van der Waals surface area contributed by atoms with E-state index in [1.807, 2.05) is 19.1 Å². The second kappa shape index (κ2) is 3.98. The minimum Gasteiger partial charge on any atom is -0.267 e. The van der Waals surface area contributed by atoms with Gasteiger partial charge in [-0.1, -0.05) is 15.9 Å². The summed E-state index contributed by atoms with van der Waals surface area (Å²) in [5, 5.41) is 4.06. The molecule has 0 unspecified atom stereocenters. The fourth-order valence-electron chi connectivity index (χ4n) is 1.25. The number of carbonyl (C=O) groups excluding carboxylic acids is 1. The SMILES string of the molecule is Cc1ccn(C(=O)c2ccc(Br)cc2)n1. The molecule has 0 saturated heterocycles. The molecule has 0 aliphatic rings. The van der Waals surface area contributed by atoms with Crippen molar-refractivity contribution in [1.82, 2.24) is 9.78 Å². The van der Waals surface area contributed by atoms with E-state index in [-0.39, 0.29) is 5.91 Å². The van der Waals surface area contributed by atoms with E-state index in [0.717, 1.165) is 10.2 Å². The van der Waals surface area contributed by atoms with Gasteiger partial charge in [0.15, 0.2) is 0 Å². The fourth-order valence-corrected chi connectivity index (χ4v) is 1.52. The maximum Gasteiger partial charge on any atom is 0.278 e. The summed E-state index contributed by atoms with van der Waals surface area (Å²) in [7, 11) is 0. The van der Waals surface area contributed by atoms with Crippen molar-refractivity contribution in [2.75, 3.05) is 0 Å². The molecule has 3 nitrogen and oxygen atoms in total. The van der Waals surface area contributed by atoms with Crippen LogP contribution in [0.1, 0.15) is 16.1 Å². The van der Waals surface area contributed by atoms with Gasteiger partial charge in [0.1, 0.15) is 0 Å². The normalized spacial score (nSPS) is 10.3. The third kappa shape index (κ3) is 2.15. The monoisotopic (exact) mass is 264 g/mol. The van der Waals surface area contributed by atoms with Crippen molar-refractivity contribution in [3.63, 3.8) is 0 Å². The maximum atomic E-state index is 11.9. The number of carbonyl (C=O) groups is 1. The topological polar surface area (TPSA) is 34.9 Å². The molecule has 0 radical (unpaired) electrons. The first kappa shape index (κ1) is 10.1. The van der Waals surface area contributed by atoms with Gasteiger partial charge in [-0.2, -0.15) is 5.10 Å². The molecule has 2 aromatic rings. The van der Waals surface area contributed by atoms with Gasteiger partial charge in [-0.05, 0) is 37.3 Å². The van der Waals surface area contributed by atoms with E-state index in [0.29, 0.717) is 5.56 Å². The van der Waals surface area contributed by atoms with E-state index in [1.54, 1.807) is 24.4 Å². The van der Waals surface area contributed by atoms with Gasteiger partial charge < -0.3 is 0 Å². The van der Waals surface area contributed by atoms with E-state index in [2.05, 4.69) is 21.0 Å². The Morgan fingerprint density at radius 2 is 1.93 bits per heavy atom. The van der Waals surface area contributed by atoms with Crippen LogP contribution >= 0.6 is 15.9 Å². The van der Waals surface area contributed by atoms with Crippen molar-refractivity contribution in [2.45, 2.75) is 6.92 Å². The summed E-state index contributed by atoms with van der Waals surface area (Å²) in [4.78, 5) is 11.9. The summed E-state index contributed by atoms with van der Waals surface area (Å²) in [5.41, 5.74) is 1.46. The van der Waals surface area contributed by atoms with Crippen molar-refractivity contribution in [3.8, 4) is 0 Å². The molecule has 0 N–H and O–H groups in total. The second-order valence-corrected chi connectivity index (χ2v) is 4.13. The number of hydrogen-bond donors (Lipinski definition) is 0. The van der Waals surface area contributed by atoms with Crippen LogP contribution in [0, 0.1) is 6.92 Å². The summed E-state index contributed by atoms with van der Waals surface area (Å²) in [6.45, 7) is 1.85. The second-order valence-electron chi connectivity index (χ2n) is 3.21. The van der Waals surface area contributed by atoms with Gasteiger partial charge >= 0.3 is 0 Å². The van der Waals surface area contributed by atoms with Crippen LogP contribution in [0.15, 0.2) is 41.0 Å². The Hall–Kier alpha value is -1.42. The number of nitrogens with zero attached hydrogens (tertiary/aromatic N) is 2. The molecule has 0 spiro atoms. The van der Waals surface area contributed by atoms with E-state index in [1.165, 1.54) is 4.68 Å². The average Bonchev–Trinajstić information content (AvgIpc) is 2.65. The Balaban J connectivity index is 2.32. The molecule has 1 heterocycles. The van der Waals surface area contributed by atoms with Crippen molar-refractivity contribution < 1.29 is 4.79 Å². The smallest absolute Gasteiger partial charge is 0.267 e. The van der Waals surface area contributed by atoms with Crippen LogP contribution in [-0.2, 0) is 0 Å².